The normalized spacial score (nSPS) is 17.5. The number of nitrogens with zero attached hydrogens (tertiary/aromatic N) is 3. The van der Waals surface area contributed by atoms with Crippen LogP contribution >= 0.6 is 0 Å². The standard InChI is InChI=1S/C26H23N5O3/c1-34-25(33)21-17-31(30-29-21)23-22(24(32)27-23)28-26(18-11-5-2-6-12-18,19-13-7-3-8-14-19)20-15-9-4-10-16-20/h2-17,22-23,28H,1H3,(H,27,32)/t22-,23+/m0/s1. The summed E-state index contributed by atoms with van der Waals surface area (Å²) in [6.45, 7) is 0. The summed E-state index contributed by atoms with van der Waals surface area (Å²) < 4.78 is 6.19. The predicted molar refractivity (Wildman–Crippen MR) is 125 cm³/mol. The molecule has 3 aromatic carbocycles. The number of methoxy groups -OCH3 is 1. The molecule has 0 bridgehead atoms. The Labute approximate surface area is 196 Å². The minimum absolute atomic E-state index is 0.0721. The van der Waals surface area contributed by atoms with E-state index in [0.29, 0.717) is 0 Å². The number of hydrogen-bond donors (Lipinski definition) is 2. The van der Waals surface area contributed by atoms with Gasteiger partial charge in [-0.15, -0.1) is 5.10 Å². The van der Waals surface area contributed by atoms with Crippen LogP contribution in [0.4, 0.5) is 0 Å². The average Bonchev–Trinajstić information content (AvgIpc) is 3.38. The fourth-order valence-corrected chi connectivity index (χ4v) is 4.39. The van der Waals surface area contributed by atoms with E-state index in [-0.39, 0.29) is 11.6 Å². The van der Waals surface area contributed by atoms with E-state index in [4.69, 9.17) is 4.74 Å². The van der Waals surface area contributed by atoms with Gasteiger partial charge in [-0.1, -0.05) is 96.2 Å². The molecule has 4 aromatic rings. The molecule has 0 aliphatic carbocycles. The Balaban J connectivity index is 1.62. The van der Waals surface area contributed by atoms with Crippen molar-refractivity contribution >= 4 is 11.9 Å². The van der Waals surface area contributed by atoms with Gasteiger partial charge in [0.15, 0.2) is 5.69 Å². The van der Waals surface area contributed by atoms with Gasteiger partial charge in [-0.2, -0.15) is 0 Å². The van der Waals surface area contributed by atoms with Crippen LogP contribution < -0.4 is 10.6 Å². The summed E-state index contributed by atoms with van der Waals surface area (Å²) in [7, 11) is 1.28. The van der Waals surface area contributed by atoms with Gasteiger partial charge in [0.1, 0.15) is 12.2 Å². The number of aromatic nitrogens is 3. The van der Waals surface area contributed by atoms with Crippen molar-refractivity contribution in [2.24, 2.45) is 0 Å². The van der Waals surface area contributed by atoms with Crippen molar-refractivity contribution in [1.29, 1.82) is 0 Å². The topological polar surface area (TPSA) is 98.1 Å². The lowest BCUT2D eigenvalue weighted by Gasteiger charge is -2.45. The van der Waals surface area contributed by atoms with Crippen molar-refractivity contribution in [1.82, 2.24) is 25.6 Å². The Morgan fingerprint density at radius 1 is 0.912 bits per heavy atom. The molecule has 0 saturated carbocycles. The molecular formula is C26H23N5O3. The number of β-lactam (4-membered cyclic amide) rings is 1. The van der Waals surface area contributed by atoms with Crippen molar-refractivity contribution < 1.29 is 14.3 Å². The van der Waals surface area contributed by atoms with Gasteiger partial charge in [0.2, 0.25) is 5.91 Å². The van der Waals surface area contributed by atoms with Crippen LogP contribution in [-0.4, -0.2) is 40.0 Å². The lowest BCUT2D eigenvalue weighted by molar-refractivity contribution is -0.135. The monoisotopic (exact) mass is 453 g/mol. The molecule has 1 aliphatic rings. The van der Waals surface area contributed by atoms with E-state index < -0.39 is 23.7 Å². The van der Waals surface area contributed by atoms with Gasteiger partial charge in [-0.05, 0) is 16.7 Å². The maximum atomic E-state index is 12.9. The zero-order chi connectivity index (χ0) is 23.5. The van der Waals surface area contributed by atoms with Gasteiger partial charge in [-0.3, -0.25) is 10.1 Å². The number of nitrogens with one attached hydrogen (secondary N) is 2. The van der Waals surface area contributed by atoms with Gasteiger partial charge in [-0.25, -0.2) is 9.48 Å². The zero-order valence-corrected chi connectivity index (χ0v) is 18.5. The second-order valence-electron chi connectivity index (χ2n) is 8.00. The third kappa shape index (κ3) is 3.64. The first-order chi connectivity index (χ1) is 16.6. The van der Waals surface area contributed by atoms with Crippen LogP contribution in [0.25, 0.3) is 0 Å². The molecule has 2 atom stereocenters. The highest BCUT2D eigenvalue weighted by Gasteiger charge is 2.48. The molecule has 1 amide bonds. The summed E-state index contributed by atoms with van der Waals surface area (Å²) >= 11 is 0. The van der Waals surface area contributed by atoms with Crippen molar-refractivity contribution in [3.8, 4) is 0 Å². The van der Waals surface area contributed by atoms with Gasteiger partial charge < -0.3 is 10.1 Å². The summed E-state index contributed by atoms with van der Waals surface area (Å²) in [4.78, 5) is 24.7. The molecule has 1 aliphatic heterocycles. The molecule has 8 heteroatoms. The van der Waals surface area contributed by atoms with Gasteiger partial charge in [0.25, 0.3) is 0 Å². The first-order valence-electron chi connectivity index (χ1n) is 10.9. The summed E-state index contributed by atoms with van der Waals surface area (Å²) in [6.07, 6.45) is 0.939. The number of hydrogen-bond acceptors (Lipinski definition) is 6. The molecule has 0 spiro atoms. The highest BCUT2D eigenvalue weighted by atomic mass is 16.5. The summed E-state index contributed by atoms with van der Waals surface area (Å²) in [5.41, 5.74) is 2.21. The molecule has 8 nitrogen and oxygen atoms in total. The molecule has 2 N–H and O–H groups in total. The van der Waals surface area contributed by atoms with E-state index in [1.807, 2.05) is 91.0 Å². The zero-order valence-electron chi connectivity index (χ0n) is 18.5. The molecule has 2 heterocycles. The van der Waals surface area contributed by atoms with Crippen LogP contribution in [0.1, 0.15) is 33.3 Å². The Bertz CT molecular complexity index is 1200. The second kappa shape index (κ2) is 8.92. The van der Waals surface area contributed by atoms with Gasteiger partial charge in [0, 0.05) is 0 Å². The fraction of sp³-hybridized carbons (Fsp3) is 0.154. The van der Waals surface area contributed by atoms with Crippen LogP contribution in [0.5, 0.6) is 0 Å². The van der Waals surface area contributed by atoms with Crippen molar-refractivity contribution in [2.75, 3.05) is 7.11 Å². The van der Waals surface area contributed by atoms with Crippen molar-refractivity contribution in [2.45, 2.75) is 17.7 Å². The first-order valence-corrected chi connectivity index (χ1v) is 10.9. The largest absolute Gasteiger partial charge is 0.464 e. The molecule has 1 aromatic heterocycles. The third-order valence-corrected chi connectivity index (χ3v) is 6.07. The smallest absolute Gasteiger partial charge is 0.360 e. The van der Waals surface area contributed by atoms with E-state index in [9.17, 15) is 9.59 Å². The van der Waals surface area contributed by atoms with E-state index in [2.05, 4.69) is 20.9 Å². The van der Waals surface area contributed by atoms with Gasteiger partial charge in [0.05, 0.1) is 18.8 Å². The maximum absolute atomic E-state index is 12.9. The lowest BCUT2D eigenvalue weighted by Crippen LogP contribution is -2.68. The molecule has 1 saturated heterocycles. The number of amides is 1. The number of ether oxygens (including phenoxy) is 1. The minimum atomic E-state index is -0.823. The highest BCUT2D eigenvalue weighted by Crippen LogP contribution is 2.38. The van der Waals surface area contributed by atoms with E-state index in [0.717, 1.165) is 16.7 Å². The lowest BCUT2D eigenvalue weighted by atomic mass is 9.76. The summed E-state index contributed by atoms with van der Waals surface area (Å²) in [5.74, 6) is -0.763. The molecule has 0 unspecified atom stereocenters. The maximum Gasteiger partial charge on any atom is 0.360 e. The fourth-order valence-electron chi connectivity index (χ4n) is 4.39. The SMILES string of the molecule is COC(=O)c1cn([C@H]2NC(=O)[C@H]2NC(c2ccccc2)(c2ccccc2)c2ccccc2)nn1. The second-order valence-corrected chi connectivity index (χ2v) is 8.00. The molecular weight excluding hydrogens is 430 g/mol. The quantitative estimate of drug-likeness (QED) is 0.254. The van der Waals surface area contributed by atoms with Crippen LogP contribution in [0.2, 0.25) is 0 Å². The van der Waals surface area contributed by atoms with Crippen LogP contribution in [0.3, 0.4) is 0 Å². The first kappa shape index (κ1) is 21.5. The van der Waals surface area contributed by atoms with Crippen LogP contribution in [0, 0.1) is 0 Å². The van der Waals surface area contributed by atoms with E-state index >= 15 is 0 Å². The highest BCUT2D eigenvalue weighted by molar-refractivity contribution is 5.89. The number of carbonyl (C=O) groups excluding carboxylic acids is 2. The third-order valence-electron chi connectivity index (χ3n) is 6.07. The van der Waals surface area contributed by atoms with Crippen molar-refractivity contribution in [3.05, 3.63) is 120 Å². The number of benzene rings is 3. The Hall–Kier alpha value is -4.30. The Kier molecular flexibility index (Phi) is 5.65. The van der Waals surface area contributed by atoms with Crippen LogP contribution in [-0.2, 0) is 15.1 Å². The van der Waals surface area contributed by atoms with Crippen molar-refractivity contribution in [3.63, 3.8) is 0 Å². The molecule has 5 rings (SSSR count). The van der Waals surface area contributed by atoms with E-state index in [1.54, 1.807) is 0 Å². The Morgan fingerprint density at radius 3 is 1.85 bits per heavy atom. The number of esters is 1. The molecule has 0 radical (unpaired) electrons. The predicted octanol–water partition coefficient (Wildman–Crippen LogP) is 2.64. The minimum Gasteiger partial charge on any atom is -0.464 e. The van der Waals surface area contributed by atoms with Crippen LogP contribution in [0.15, 0.2) is 97.2 Å². The molecule has 1 fully saturated rings. The number of rotatable bonds is 7. The van der Waals surface area contributed by atoms with E-state index in [1.165, 1.54) is 18.0 Å². The summed E-state index contributed by atoms with van der Waals surface area (Å²) in [6, 6.07) is 29.4. The van der Waals surface area contributed by atoms with Gasteiger partial charge >= 0.3 is 5.97 Å². The summed E-state index contributed by atoms with van der Waals surface area (Å²) in [5, 5.41) is 14.4. The Morgan fingerprint density at radius 2 is 1.41 bits per heavy atom. The number of carbonyl (C=O) groups is 2. The average molecular weight is 454 g/mol. The molecule has 170 valence electrons. The molecule has 34 heavy (non-hydrogen) atoms.